The van der Waals surface area contributed by atoms with E-state index in [2.05, 4.69) is 20.4 Å². The monoisotopic (exact) mass is 262 g/mol. The van der Waals surface area contributed by atoms with Crippen molar-refractivity contribution in [1.29, 1.82) is 0 Å². The second-order valence-electron chi connectivity index (χ2n) is 3.63. The highest BCUT2D eigenvalue weighted by Crippen LogP contribution is 2.00. The van der Waals surface area contributed by atoms with E-state index in [4.69, 9.17) is 9.63 Å². The molecule has 19 heavy (non-hydrogen) atoms. The Labute approximate surface area is 107 Å². The van der Waals surface area contributed by atoms with Crippen LogP contribution in [0.3, 0.4) is 0 Å². The van der Waals surface area contributed by atoms with Crippen LogP contribution in [-0.4, -0.2) is 32.1 Å². The SMILES string of the molecule is Cc1nc(CNC(=O)c2cccc(C(=O)O)n2)no1. The highest BCUT2D eigenvalue weighted by molar-refractivity contribution is 5.94. The van der Waals surface area contributed by atoms with E-state index in [1.54, 1.807) is 6.92 Å². The molecule has 2 rings (SSSR count). The van der Waals surface area contributed by atoms with Crippen LogP contribution >= 0.6 is 0 Å². The number of hydrogen-bond donors (Lipinski definition) is 2. The lowest BCUT2D eigenvalue weighted by atomic mass is 10.3. The van der Waals surface area contributed by atoms with Gasteiger partial charge in [0.1, 0.15) is 11.4 Å². The number of aromatic carboxylic acids is 1. The first-order valence-corrected chi connectivity index (χ1v) is 5.34. The Morgan fingerprint density at radius 2 is 2.05 bits per heavy atom. The summed E-state index contributed by atoms with van der Waals surface area (Å²) in [5, 5.41) is 14.9. The number of nitrogens with zero attached hydrogens (tertiary/aromatic N) is 3. The molecule has 1 amide bonds. The summed E-state index contributed by atoms with van der Waals surface area (Å²) < 4.78 is 4.75. The number of carbonyl (C=O) groups excluding carboxylic acids is 1. The molecule has 0 bridgehead atoms. The van der Waals surface area contributed by atoms with Crippen molar-refractivity contribution in [3.63, 3.8) is 0 Å². The van der Waals surface area contributed by atoms with Gasteiger partial charge in [0, 0.05) is 6.92 Å². The zero-order valence-corrected chi connectivity index (χ0v) is 9.95. The molecular formula is C11H10N4O4. The summed E-state index contributed by atoms with van der Waals surface area (Å²) in [4.78, 5) is 30.1. The second kappa shape index (κ2) is 5.25. The normalized spacial score (nSPS) is 10.2. The molecule has 0 aliphatic heterocycles. The van der Waals surface area contributed by atoms with E-state index in [1.807, 2.05) is 0 Å². The molecule has 0 saturated heterocycles. The summed E-state index contributed by atoms with van der Waals surface area (Å²) in [7, 11) is 0. The Kier molecular flexibility index (Phi) is 3.51. The van der Waals surface area contributed by atoms with E-state index in [-0.39, 0.29) is 17.9 Å². The van der Waals surface area contributed by atoms with Crippen LogP contribution in [-0.2, 0) is 6.54 Å². The van der Waals surface area contributed by atoms with Gasteiger partial charge in [-0.1, -0.05) is 11.2 Å². The smallest absolute Gasteiger partial charge is 0.354 e. The summed E-state index contributed by atoms with van der Waals surface area (Å²) >= 11 is 0. The maximum Gasteiger partial charge on any atom is 0.354 e. The Morgan fingerprint density at radius 1 is 1.32 bits per heavy atom. The standard InChI is InChI=1S/C11H10N4O4/c1-6-13-9(15-19-6)5-12-10(16)7-3-2-4-8(14-7)11(17)18/h2-4H,5H2,1H3,(H,12,16)(H,17,18). The minimum Gasteiger partial charge on any atom is -0.477 e. The van der Waals surface area contributed by atoms with Gasteiger partial charge in [0.15, 0.2) is 5.82 Å². The first-order valence-electron chi connectivity index (χ1n) is 5.34. The van der Waals surface area contributed by atoms with Crippen LogP contribution in [0.4, 0.5) is 0 Å². The molecule has 8 nitrogen and oxygen atoms in total. The maximum atomic E-state index is 11.7. The van der Waals surface area contributed by atoms with Gasteiger partial charge in [-0.3, -0.25) is 4.79 Å². The van der Waals surface area contributed by atoms with E-state index < -0.39 is 11.9 Å². The van der Waals surface area contributed by atoms with Crippen LogP contribution in [0.5, 0.6) is 0 Å². The number of aromatic nitrogens is 3. The predicted molar refractivity (Wildman–Crippen MR) is 61.4 cm³/mol. The fourth-order valence-corrected chi connectivity index (χ4v) is 1.34. The van der Waals surface area contributed by atoms with Gasteiger partial charge in [0.05, 0.1) is 6.54 Å². The van der Waals surface area contributed by atoms with Crippen molar-refractivity contribution in [2.24, 2.45) is 0 Å². The number of pyridine rings is 1. The molecule has 8 heteroatoms. The van der Waals surface area contributed by atoms with Crippen LogP contribution in [0.25, 0.3) is 0 Å². The molecular weight excluding hydrogens is 252 g/mol. The van der Waals surface area contributed by atoms with E-state index in [0.717, 1.165) is 0 Å². The average Bonchev–Trinajstić information content (AvgIpc) is 2.82. The molecule has 0 saturated carbocycles. The molecule has 98 valence electrons. The van der Waals surface area contributed by atoms with Crippen molar-refractivity contribution in [2.75, 3.05) is 0 Å². The number of hydrogen-bond acceptors (Lipinski definition) is 6. The van der Waals surface area contributed by atoms with Crippen LogP contribution in [0, 0.1) is 6.92 Å². The number of carboxylic acids is 1. The molecule has 0 unspecified atom stereocenters. The van der Waals surface area contributed by atoms with Crippen LogP contribution in [0.15, 0.2) is 22.7 Å². The third-order valence-electron chi connectivity index (χ3n) is 2.18. The zero-order valence-electron chi connectivity index (χ0n) is 9.95. The van der Waals surface area contributed by atoms with Crippen molar-refractivity contribution in [2.45, 2.75) is 13.5 Å². The number of rotatable bonds is 4. The molecule has 0 aliphatic carbocycles. The fourth-order valence-electron chi connectivity index (χ4n) is 1.34. The molecule has 0 fully saturated rings. The Bertz CT molecular complexity index is 623. The Hall–Kier alpha value is -2.77. The number of carboxylic acid groups (broad SMARTS) is 1. The van der Waals surface area contributed by atoms with E-state index in [1.165, 1.54) is 18.2 Å². The molecule has 2 aromatic heterocycles. The van der Waals surface area contributed by atoms with E-state index >= 15 is 0 Å². The third-order valence-corrected chi connectivity index (χ3v) is 2.18. The molecule has 2 aromatic rings. The lowest BCUT2D eigenvalue weighted by Gasteiger charge is -2.02. The number of nitrogens with one attached hydrogen (secondary N) is 1. The number of aryl methyl sites for hydroxylation is 1. The van der Waals surface area contributed by atoms with Crippen molar-refractivity contribution < 1.29 is 19.2 Å². The summed E-state index contributed by atoms with van der Waals surface area (Å²) in [6, 6.07) is 4.18. The molecule has 2 heterocycles. The van der Waals surface area contributed by atoms with Gasteiger partial charge in [-0.15, -0.1) is 0 Å². The summed E-state index contributed by atoms with van der Waals surface area (Å²) in [6.07, 6.45) is 0. The molecule has 2 N–H and O–H groups in total. The van der Waals surface area contributed by atoms with Gasteiger partial charge in [-0.2, -0.15) is 4.98 Å². The molecule has 0 radical (unpaired) electrons. The fraction of sp³-hybridized carbons (Fsp3) is 0.182. The third kappa shape index (κ3) is 3.12. The van der Waals surface area contributed by atoms with Crippen LogP contribution in [0.2, 0.25) is 0 Å². The van der Waals surface area contributed by atoms with Gasteiger partial charge in [0.25, 0.3) is 5.91 Å². The number of amides is 1. The van der Waals surface area contributed by atoms with Gasteiger partial charge in [0.2, 0.25) is 5.89 Å². The van der Waals surface area contributed by atoms with Crippen molar-refractivity contribution in [1.82, 2.24) is 20.4 Å². The minimum absolute atomic E-state index is 0.0140. The quantitative estimate of drug-likeness (QED) is 0.818. The molecule has 0 atom stereocenters. The lowest BCUT2D eigenvalue weighted by Crippen LogP contribution is -2.25. The number of carbonyl (C=O) groups is 2. The molecule has 0 spiro atoms. The highest BCUT2D eigenvalue weighted by atomic mass is 16.5. The molecule has 0 aliphatic rings. The van der Waals surface area contributed by atoms with Crippen LogP contribution < -0.4 is 5.32 Å². The topological polar surface area (TPSA) is 118 Å². The highest BCUT2D eigenvalue weighted by Gasteiger charge is 2.12. The Morgan fingerprint density at radius 3 is 2.68 bits per heavy atom. The first kappa shape index (κ1) is 12.7. The van der Waals surface area contributed by atoms with Crippen molar-refractivity contribution in [3.05, 3.63) is 41.3 Å². The Balaban J connectivity index is 2.03. The van der Waals surface area contributed by atoms with E-state index in [0.29, 0.717) is 11.7 Å². The van der Waals surface area contributed by atoms with Gasteiger partial charge < -0.3 is 14.9 Å². The van der Waals surface area contributed by atoms with Gasteiger partial charge >= 0.3 is 5.97 Å². The summed E-state index contributed by atoms with van der Waals surface area (Å²) in [6.45, 7) is 1.71. The van der Waals surface area contributed by atoms with Gasteiger partial charge in [-0.05, 0) is 12.1 Å². The largest absolute Gasteiger partial charge is 0.477 e. The minimum atomic E-state index is -1.19. The maximum absolute atomic E-state index is 11.7. The van der Waals surface area contributed by atoms with Crippen molar-refractivity contribution >= 4 is 11.9 Å². The summed E-state index contributed by atoms with van der Waals surface area (Å²) in [5.41, 5.74) is -0.178. The van der Waals surface area contributed by atoms with Crippen molar-refractivity contribution in [3.8, 4) is 0 Å². The zero-order chi connectivity index (χ0) is 13.8. The lowest BCUT2D eigenvalue weighted by molar-refractivity contribution is 0.0690. The first-order chi connectivity index (χ1) is 9.06. The van der Waals surface area contributed by atoms with E-state index in [9.17, 15) is 9.59 Å². The average molecular weight is 262 g/mol. The molecule has 0 aromatic carbocycles. The predicted octanol–water partition coefficient (Wildman–Crippen LogP) is 0.401. The van der Waals surface area contributed by atoms with Gasteiger partial charge in [-0.25, -0.2) is 9.78 Å². The van der Waals surface area contributed by atoms with Crippen LogP contribution in [0.1, 0.15) is 32.7 Å². The summed E-state index contributed by atoms with van der Waals surface area (Å²) in [5.74, 6) is -0.968. The second-order valence-corrected chi connectivity index (χ2v) is 3.63.